The van der Waals surface area contributed by atoms with Gasteiger partial charge >= 0.3 is 0 Å². The van der Waals surface area contributed by atoms with Crippen LogP contribution in [-0.4, -0.2) is 29.3 Å². The van der Waals surface area contributed by atoms with Crippen LogP contribution in [-0.2, 0) is 6.42 Å². The van der Waals surface area contributed by atoms with Gasteiger partial charge in [-0.25, -0.2) is 4.98 Å². The third kappa shape index (κ3) is 1.32. The van der Waals surface area contributed by atoms with Crippen molar-refractivity contribution in [2.75, 3.05) is 19.0 Å². The van der Waals surface area contributed by atoms with E-state index in [-0.39, 0.29) is 0 Å². The Balaban J connectivity index is 2.63. The molecule has 0 aliphatic heterocycles. The van der Waals surface area contributed by atoms with Crippen molar-refractivity contribution in [2.45, 2.75) is 13.3 Å². The van der Waals surface area contributed by atoms with Crippen molar-refractivity contribution in [2.24, 2.45) is 0 Å². The topological polar surface area (TPSA) is 44.8 Å². The lowest BCUT2D eigenvalue weighted by molar-refractivity contribution is 1.02. The van der Waals surface area contributed by atoms with Gasteiger partial charge < -0.3 is 4.90 Å². The predicted molar refractivity (Wildman–Crippen MR) is 57.6 cm³/mol. The maximum atomic E-state index is 4.31. The number of hydrogen-bond donors (Lipinski definition) is 1. The van der Waals surface area contributed by atoms with Crippen LogP contribution >= 0.6 is 0 Å². The lowest BCUT2D eigenvalue weighted by atomic mass is 10.2. The zero-order valence-electron chi connectivity index (χ0n) is 8.70. The molecular formula is C10H14N4. The highest BCUT2D eigenvalue weighted by Gasteiger charge is 2.08. The van der Waals surface area contributed by atoms with Crippen LogP contribution in [0.3, 0.4) is 0 Å². The van der Waals surface area contributed by atoms with E-state index in [4.69, 9.17) is 0 Å². The summed E-state index contributed by atoms with van der Waals surface area (Å²) in [5, 5.41) is 8.22. The quantitative estimate of drug-likeness (QED) is 0.782. The molecule has 0 atom stereocenters. The molecule has 0 aliphatic rings. The first kappa shape index (κ1) is 8.99. The number of H-pyrrole nitrogens is 1. The molecule has 0 saturated heterocycles. The summed E-state index contributed by atoms with van der Waals surface area (Å²) in [6.07, 6.45) is 2.89. The SMILES string of the molecule is CCc1cnc2[nH]nc(N(C)C)c2c1. The fourth-order valence-corrected chi connectivity index (χ4v) is 1.47. The summed E-state index contributed by atoms with van der Waals surface area (Å²) in [5.41, 5.74) is 2.09. The number of nitrogens with one attached hydrogen (secondary N) is 1. The van der Waals surface area contributed by atoms with E-state index >= 15 is 0 Å². The molecule has 2 rings (SSSR count). The summed E-state index contributed by atoms with van der Waals surface area (Å²) in [7, 11) is 3.96. The van der Waals surface area contributed by atoms with Gasteiger partial charge in [-0.1, -0.05) is 6.92 Å². The van der Waals surface area contributed by atoms with Gasteiger partial charge in [-0.15, -0.1) is 0 Å². The van der Waals surface area contributed by atoms with Crippen molar-refractivity contribution < 1.29 is 0 Å². The summed E-state index contributed by atoms with van der Waals surface area (Å²) >= 11 is 0. The van der Waals surface area contributed by atoms with Gasteiger partial charge in [0.1, 0.15) is 0 Å². The summed E-state index contributed by atoms with van der Waals surface area (Å²) in [6, 6.07) is 2.14. The zero-order valence-corrected chi connectivity index (χ0v) is 8.70. The van der Waals surface area contributed by atoms with Gasteiger partial charge in [0.2, 0.25) is 0 Å². The number of nitrogens with zero attached hydrogens (tertiary/aromatic N) is 3. The van der Waals surface area contributed by atoms with Gasteiger partial charge in [0, 0.05) is 20.3 Å². The minimum Gasteiger partial charge on any atom is -0.361 e. The molecule has 0 amide bonds. The van der Waals surface area contributed by atoms with Crippen LogP contribution < -0.4 is 4.90 Å². The number of rotatable bonds is 2. The van der Waals surface area contributed by atoms with E-state index < -0.39 is 0 Å². The molecule has 74 valence electrons. The molecule has 0 aromatic carbocycles. The highest BCUT2D eigenvalue weighted by atomic mass is 15.3. The van der Waals surface area contributed by atoms with Crippen LogP contribution in [0.1, 0.15) is 12.5 Å². The van der Waals surface area contributed by atoms with E-state index in [1.807, 2.05) is 25.2 Å². The summed E-state index contributed by atoms with van der Waals surface area (Å²) < 4.78 is 0. The fourth-order valence-electron chi connectivity index (χ4n) is 1.47. The Hall–Kier alpha value is -1.58. The normalized spacial score (nSPS) is 10.8. The second-order valence-corrected chi connectivity index (χ2v) is 3.53. The molecule has 2 heterocycles. The predicted octanol–water partition coefficient (Wildman–Crippen LogP) is 1.59. The number of aromatic amines is 1. The lowest BCUT2D eigenvalue weighted by Gasteiger charge is -2.07. The Labute approximate surface area is 82.9 Å². The highest BCUT2D eigenvalue weighted by molar-refractivity contribution is 5.87. The van der Waals surface area contributed by atoms with E-state index in [0.717, 1.165) is 23.3 Å². The van der Waals surface area contributed by atoms with Crippen molar-refractivity contribution in [3.63, 3.8) is 0 Å². The summed E-state index contributed by atoms with van der Waals surface area (Å²) in [5.74, 6) is 0.947. The average Bonchev–Trinajstić information content (AvgIpc) is 2.59. The van der Waals surface area contributed by atoms with Crippen LogP contribution in [0.5, 0.6) is 0 Å². The van der Waals surface area contributed by atoms with Gasteiger partial charge in [-0.3, -0.25) is 5.10 Å². The van der Waals surface area contributed by atoms with E-state index in [0.29, 0.717) is 0 Å². The van der Waals surface area contributed by atoms with E-state index in [1.54, 1.807) is 0 Å². The summed E-state index contributed by atoms with van der Waals surface area (Å²) in [6.45, 7) is 2.12. The minimum atomic E-state index is 0.853. The zero-order chi connectivity index (χ0) is 10.1. The number of aromatic nitrogens is 3. The van der Waals surface area contributed by atoms with Gasteiger partial charge in [-0.2, -0.15) is 5.10 Å². The third-order valence-electron chi connectivity index (χ3n) is 2.28. The first-order chi connectivity index (χ1) is 6.72. The number of fused-ring (bicyclic) bond motifs is 1. The molecular weight excluding hydrogens is 176 g/mol. The standard InChI is InChI=1S/C10H14N4/c1-4-7-5-8-9(11-6-7)12-13-10(8)14(2)3/h5-6H,4H2,1-3H3,(H,11,12,13). The second kappa shape index (κ2) is 3.29. The molecule has 0 fully saturated rings. The van der Waals surface area contributed by atoms with E-state index in [1.165, 1.54) is 5.56 Å². The van der Waals surface area contributed by atoms with Crippen molar-refractivity contribution in [1.29, 1.82) is 0 Å². The first-order valence-electron chi connectivity index (χ1n) is 4.72. The van der Waals surface area contributed by atoms with Gasteiger partial charge in [-0.05, 0) is 18.1 Å². The minimum absolute atomic E-state index is 0.853. The Kier molecular flexibility index (Phi) is 2.11. The molecule has 0 saturated carbocycles. The molecule has 4 heteroatoms. The molecule has 0 unspecified atom stereocenters. The molecule has 0 aliphatic carbocycles. The Morgan fingerprint density at radius 2 is 2.21 bits per heavy atom. The maximum Gasteiger partial charge on any atom is 0.159 e. The Morgan fingerprint density at radius 1 is 1.43 bits per heavy atom. The van der Waals surface area contributed by atoms with Crippen LogP contribution in [0.4, 0.5) is 5.82 Å². The van der Waals surface area contributed by atoms with E-state index in [2.05, 4.69) is 28.2 Å². The van der Waals surface area contributed by atoms with Crippen LogP contribution in [0.25, 0.3) is 11.0 Å². The molecule has 1 N–H and O–H groups in total. The number of anilines is 1. The number of pyridine rings is 1. The maximum absolute atomic E-state index is 4.31. The Morgan fingerprint density at radius 3 is 2.86 bits per heavy atom. The van der Waals surface area contributed by atoms with Crippen LogP contribution in [0.2, 0.25) is 0 Å². The lowest BCUT2D eigenvalue weighted by Crippen LogP contribution is -2.09. The largest absolute Gasteiger partial charge is 0.361 e. The molecule has 0 bridgehead atoms. The third-order valence-corrected chi connectivity index (χ3v) is 2.28. The Bertz CT molecular complexity index is 444. The molecule has 0 spiro atoms. The van der Waals surface area contributed by atoms with Crippen LogP contribution in [0.15, 0.2) is 12.3 Å². The van der Waals surface area contributed by atoms with Gasteiger partial charge in [0.25, 0.3) is 0 Å². The highest BCUT2D eigenvalue weighted by Crippen LogP contribution is 2.21. The smallest absolute Gasteiger partial charge is 0.159 e. The molecule has 4 nitrogen and oxygen atoms in total. The molecule has 2 aromatic rings. The van der Waals surface area contributed by atoms with Crippen molar-refractivity contribution >= 4 is 16.9 Å². The monoisotopic (exact) mass is 190 g/mol. The molecule has 14 heavy (non-hydrogen) atoms. The molecule has 2 aromatic heterocycles. The number of hydrogen-bond acceptors (Lipinski definition) is 3. The first-order valence-corrected chi connectivity index (χ1v) is 4.72. The van der Waals surface area contributed by atoms with Gasteiger partial charge in [0.05, 0.1) is 5.39 Å². The fraction of sp³-hybridized carbons (Fsp3) is 0.400. The van der Waals surface area contributed by atoms with Gasteiger partial charge in [0.15, 0.2) is 11.5 Å². The molecule has 0 radical (unpaired) electrons. The van der Waals surface area contributed by atoms with E-state index in [9.17, 15) is 0 Å². The average molecular weight is 190 g/mol. The number of aryl methyl sites for hydroxylation is 1. The second-order valence-electron chi connectivity index (χ2n) is 3.53. The van der Waals surface area contributed by atoms with Crippen molar-refractivity contribution in [3.8, 4) is 0 Å². The van der Waals surface area contributed by atoms with Crippen LogP contribution in [0, 0.1) is 0 Å². The van der Waals surface area contributed by atoms with Crippen molar-refractivity contribution in [3.05, 3.63) is 17.8 Å². The van der Waals surface area contributed by atoms with Crippen molar-refractivity contribution in [1.82, 2.24) is 15.2 Å². The summed E-state index contributed by atoms with van der Waals surface area (Å²) in [4.78, 5) is 6.30.